The fourth-order valence-electron chi connectivity index (χ4n) is 4.11. The number of likely N-dealkylation sites (tertiary alicyclic amines) is 1. The Morgan fingerprint density at radius 2 is 1.68 bits per heavy atom. The van der Waals surface area contributed by atoms with E-state index in [1.807, 2.05) is 37.4 Å². The Balaban J connectivity index is 1.34. The summed E-state index contributed by atoms with van der Waals surface area (Å²) in [6.07, 6.45) is 1.35. The Kier molecular flexibility index (Phi) is 7.49. The molecule has 8 heteroatoms. The van der Waals surface area contributed by atoms with E-state index in [9.17, 15) is 14.4 Å². The van der Waals surface area contributed by atoms with Gasteiger partial charge in [0, 0.05) is 22.4 Å². The fraction of sp³-hybridized carbons (Fsp3) is 0.308. The molecule has 2 amide bonds. The van der Waals surface area contributed by atoms with E-state index in [4.69, 9.17) is 0 Å². The van der Waals surface area contributed by atoms with Crippen molar-refractivity contribution in [3.05, 3.63) is 76.8 Å². The Labute approximate surface area is 203 Å². The van der Waals surface area contributed by atoms with Crippen LogP contribution >= 0.6 is 11.3 Å². The Hall–Kier alpha value is -3.36. The summed E-state index contributed by atoms with van der Waals surface area (Å²) in [6.45, 7) is 5.05. The minimum atomic E-state index is -0.384. The van der Waals surface area contributed by atoms with Crippen molar-refractivity contribution in [1.29, 1.82) is 0 Å². The van der Waals surface area contributed by atoms with E-state index in [1.165, 1.54) is 11.3 Å². The van der Waals surface area contributed by atoms with Gasteiger partial charge in [0.2, 0.25) is 11.8 Å². The third-order valence-corrected chi connectivity index (χ3v) is 7.02. The normalized spacial score (nSPS) is 15.5. The van der Waals surface area contributed by atoms with Gasteiger partial charge in [0.05, 0.1) is 17.4 Å². The summed E-state index contributed by atoms with van der Waals surface area (Å²) in [4.78, 5) is 44.9. The lowest BCUT2D eigenvalue weighted by molar-refractivity contribution is -0.123. The molecular formula is C26H28N4O3S. The molecule has 1 saturated heterocycles. The molecule has 2 aromatic carbocycles. The Morgan fingerprint density at radius 1 is 1.00 bits per heavy atom. The summed E-state index contributed by atoms with van der Waals surface area (Å²) in [5.41, 5.74) is 2.43. The number of nitrogens with one attached hydrogen (secondary N) is 2. The van der Waals surface area contributed by atoms with Gasteiger partial charge in [-0.3, -0.25) is 19.3 Å². The van der Waals surface area contributed by atoms with Crippen molar-refractivity contribution in [2.24, 2.45) is 5.92 Å². The number of thiazole rings is 1. The fourth-order valence-corrected chi connectivity index (χ4v) is 4.80. The minimum Gasteiger partial charge on any atom is -0.324 e. The van der Waals surface area contributed by atoms with Gasteiger partial charge in [-0.2, -0.15) is 0 Å². The molecule has 0 radical (unpaired) electrons. The van der Waals surface area contributed by atoms with Crippen LogP contribution in [0.1, 0.15) is 41.4 Å². The maximum absolute atomic E-state index is 13.0. The van der Waals surface area contributed by atoms with Crippen molar-refractivity contribution in [1.82, 2.24) is 9.88 Å². The van der Waals surface area contributed by atoms with Crippen LogP contribution in [0, 0.1) is 12.8 Å². The van der Waals surface area contributed by atoms with Gasteiger partial charge in [0.1, 0.15) is 0 Å². The third kappa shape index (κ3) is 5.58. The topological polar surface area (TPSA) is 91.4 Å². The zero-order valence-corrected chi connectivity index (χ0v) is 20.1. The van der Waals surface area contributed by atoms with E-state index in [-0.39, 0.29) is 29.6 Å². The van der Waals surface area contributed by atoms with E-state index >= 15 is 0 Å². The number of hydrogen-bond donors (Lipinski definition) is 2. The number of anilines is 2. The van der Waals surface area contributed by atoms with Crippen LogP contribution in [0.4, 0.5) is 10.8 Å². The highest BCUT2D eigenvalue weighted by atomic mass is 32.1. The molecule has 34 heavy (non-hydrogen) atoms. The first kappa shape index (κ1) is 23.8. The molecule has 1 aromatic heterocycles. The lowest BCUT2D eigenvalue weighted by Gasteiger charge is -2.34. The predicted molar refractivity (Wildman–Crippen MR) is 134 cm³/mol. The van der Waals surface area contributed by atoms with Crippen LogP contribution in [-0.4, -0.2) is 46.6 Å². The van der Waals surface area contributed by atoms with E-state index in [0.717, 1.165) is 5.69 Å². The van der Waals surface area contributed by atoms with Gasteiger partial charge in [-0.1, -0.05) is 42.5 Å². The molecule has 1 aliphatic heterocycles. The number of carbonyl (C=O) groups is 3. The Morgan fingerprint density at radius 3 is 2.35 bits per heavy atom. The van der Waals surface area contributed by atoms with Crippen LogP contribution in [0.15, 0.2) is 60.0 Å². The molecule has 2 heterocycles. The maximum Gasteiger partial charge on any atom is 0.241 e. The first-order chi connectivity index (χ1) is 16.4. The maximum atomic E-state index is 13.0. The van der Waals surface area contributed by atoms with Crippen molar-refractivity contribution in [2.75, 3.05) is 23.7 Å². The molecule has 7 nitrogen and oxygen atoms in total. The van der Waals surface area contributed by atoms with Gasteiger partial charge in [0.25, 0.3) is 0 Å². The van der Waals surface area contributed by atoms with Gasteiger partial charge in [0.15, 0.2) is 10.9 Å². The number of aryl methyl sites for hydroxylation is 1. The molecule has 176 valence electrons. The van der Waals surface area contributed by atoms with E-state index in [2.05, 4.69) is 20.5 Å². The number of benzene rings is 2. The quantitative estimate of drug-likeness (QED) is 0.495. The van der Waals surface area contributed by atoms with Crippen molar-refractivity contribution in [3.63, 3.8) is 0 Å². The van der Waals surface area contributed by atoms with E-state index in [0.29, 0.717) is 47.9 Å². The van der Waals surface area contributed by atoms with Gasteiger partial charge < -0.3 is 10.6 Å². The zero-order valence-electron chi connectivity index (χ0n) is 19.3. The molecule has 2 N–H and O–H groups in total. The average Bonchev–Trinajstić information content (AvgIpc) is 3.28. The first-order valence-electron chi connectivity index (χ1n) is 11.4. The number of nitrogens with zero attached hydrogens (tertiary/aromatic N) is 2. The predicted octanol–water partition coefficient (Wildman–Crippen LogP) is 4.36. The van der Waals surface area contributed by atoms with Crippen LogP contribution in [-0.2, 0) is 9.59 Å². The van der Waals surface area contributed by atoms with Gasteiger partial charge in [-0.25, -0.2) is 4.98 Å². The van der Waals surface area contributed by atoms with Crippen LogP contribution in [0.3, 0.4) is 0 Å². The molecule has 1 fully saturated rings. The van der Waals surface area contributed by atoms with Crippen LogP contribution in [0.2, 0.25) is 0 Å². The number of rotatable bonds is 7. The summed E-state index contributed by atoms with van der Waals surface area (Å²) in [5.74, 6) is -0.416. The monoisotopic (exact) mass is 476 g/mol. The molecule has 0 aliphatic carbocycles. The van der Waals surface area contributed by atoms with Gasteiger partial charge >= 0.3 is 0 Å². The number of hydrogen-bond acceptors (Lipinski definition) is 6. The second kappa shape index (κ2) is 10.7. The zero-order chi connectivity index (χ0) is 24.1. The number of amides is 2. The van der Waals surface area contributed by atoms with Crippen LogP contribution < -0.4 is 10.6 Å². The lowest BCUT2D eigenvalue weighted by atomic mass is 9.95. The SMILES string of the molecule is Cc1csc(NC(=O)C2CCN(C(C)C(=O)Nc3ccccc3C(=O)c3ccccc3)CC2)n1. The summed E-state index contributed by atoms with van der Waals surface area (Å²) in [5, 5.41) is 8.37. The number of piperidine rings is 1. The number of ketones is 1. The number of para-hydroxylation sites is 1. The largest absolute Gasteiger partial charge is 0.324 e. The third-order valence-electron chi connectivity index (χ3n) is 6.14. The van der Waals surface area contributed by atoms with E-state index < -0.39 is 0 Å². The highest BCUT2D eigenvalue weighted by Gasteiger charge is 2.30. The summed E-state index contributed by atoms with van der Waals surface area (Å²) in [6, 6.07) is 15.7. The van der Waals surface area contributed by atoms with Crippen molar-refractivity contribution < 1.29 is 14.4 Å². The highest BCUT2D eigenvalue weighted by Crippen LogP contribution is 2.24. The Bertz CT molecular complexity index is 1170. The molecule has 0 saturated carbocycles. The second-order valence-corrected chi connectivity index (χ2v) is 9.36. The van der Waals surface area contributed by atoms with Crippen molar-refractivity contribution >= 4 is 39.8 Å². The van der Waals surface area contributed by atoms with Crippen LogP contribution in [0.25, 0.3) is 0 Å². The molecule has 0 spiro atoms. The molecule has 4 rings (SSSR count). The molecule has 0 bridgehead atoms. The minimum absolute atomic E-state index is 0.0144. The second-order valence-electron chi connectivity index (χ2n) is 8.50. The van der Waals surface area contributed by atoms with Gasteiger partial charge in [-0.15, -0.1) is 11.3 Å². The summed E-state index contributed by atoms with van der Waals surface area (Å²) in [7, 11) is 0. The molecule has 1 atom stereocenters. The highest BCUT2D eigenvalue weighted by molar-refractivity contribution is 7.13. The van der Waals surface area contributed by atoms with Crippen LogP contribution in [0.5, 0.6) is 0 Å². The summed E-state index contributed by atoms with van der Waals surface area (Å²) >= 11 is 1.42. The van der Waals surface area contributed by atoms with Crippen molar-refractivity contribution in [3.8, 4) is 0 Å². The molecule has 1 unspecified atom stereocenters. The lowest BCUT2D eigenvalue weighted by Crippen LogP contribution is -2.47. The molecule has 3 aromatic rings. The smallest absolute Gasteiger partial charge is 0.241 e. The number of aromatic nitrogens is 1. The first-order valence-corrected chi connectivity index (χ1v) is 12.3. The molecular weight excluding hydrogens is 448 g/mol. The van der Waals surface area contributed by atoms with Gasteiger partial charge in [-0.05, 0) is 51.9 Å². The average molecular weight is 477 g/mol. The summed E-state index contributed by atoms with van der Waals surface area (Å²) < 4.78 is 0. The standard InChI is InChI=1S/C26H28N4O3S/c1-17-16-34-26(27-17)29-25(33)20-12-14-30(15-13-20)18(2)24(32)28-22-11-7-6-10-21(22)23(31)19-8-4-3-5-9-19/h3-11,16,18,20H,12-15H2,1-2H3,(H,28,32)(H,27,29,33). The number of carbonyl (C=O) groups excluding carboxylic acids is 3. The van der Waals surface area contributed by atoms with Crippen molar-refractivity contribution in [2.45, 2.75) is 32.7 Å². The molecule has 1 aliphatic rings. The van der Waals surface area contributed by atoms with E-state index in [1.54, 1.807) is 36.4 Å².